The van der Waals surface area contributed by atoms with Gasteiger partial charge in [0.05, 0.1) is 26.2 Å². The first kappa shape index (κ1) is 31.2. The number of hydrogen-bond acceptors (Lipinski definition) is 15. The Morgan fingerprint density at radius 1 is 0.837 bits per heavy atom. The monoisotopic (exact) mass is 610 g/mol. The van der Waals surface area contributed by atoms with Gasteiger partial charge in [-0.1, -0.05) is 6.07 Å². The highest BCUT2D eigenvalue weighted by Gasteiger charge is 2.47. The average molecular weight is 611 g/mol. The summed E-state index contributed by atoms with van der Waals surface area (Å²) < 4.78 is 33.1. The van der Waals surface area contributed by atoms with Crippen molar-refractivity contribution >= 4 is 5.78 Å². The number of fused-ring (bicyclic) bond motifs is 1. The van der Waals surface area contributed by atoms with Gasteiger partial charge in [-0.05, 0) is 24.6 Å². The number of rotatable bonds is 7. The Balaban J connectivity index is 1.30. The minimum absolute atomic E-state index is 0.0457. The zero-order valence-electron chi connectivity index (χ0n) is 23.1. The van der Waals surface area contributed by atoms with Crippen LogP contribution in [0, 0.1) is 0 Å². The van der Waals surface area contributed by atoms with E-state index in [2.05, 4.69) is 0 Å². The first-order chi connectivity index (χ1) is 20.4. The third-order valence-electron chi connectivity index (χ3n) is 7.70. The molecule has 3 aliphatic rings. The lowest BCUT2D eigenvalue weighted by molar-refractivity contribution is -0.318. The molecule has 0 spiro atoms. The number of aliphatic hydroxyl groups excluding tert-OH is 6. The van der Waals surface area contributed by atoms with E-state index >= 15 is 0 Å². The van der Waals surface area contributed by atoms with Gasteiger partial charge in [0.25, 0.3) is 0 Å². The van der Waals surface area contributed by atoms with Crippen molar-refractivity contribution in [2.75, 3.05) is 13.7 Å². The third kappa shape index (κ3) is 6.08. The first-order valence-electron chi connectivity index (χ1n) is 13.5. The molecule has 43 heavy (non-hydrogen) atoms. The fourth-order valence-corrected chi connectivity index (χ4v) is 5.20. The van der Waals surface area contributed by atoms with E-state index in [9.17, 15) is 45.6 Å². The second-order valence-electron chi connectivity index (χ2n) is 10.6. The van der Waals surface area contributed by atoms with Crippen LogP contribution in [0.3, 0.4) is 0 Å². The zero-order chi connectivity index (χ0) is 31.2. The number of ether oxygens (including phenoxy) is 6. The van der Waals surface area contributed by atoms with Crippen LogP contribution in [0.2, 0.25) is 0 Å². The summed E-state index contributed by atoms with van der Waals surface area (Å²) in [7, 11) is 1.39. The van der Waals surface area contributed by atoms with E-state index in [0.717, 1.165) is 6.07 Å². The summed E-state index contributed by atoms with van der Waals surface area (Å²) in [5.41, 5.74) is 0.373. The molecule has 3 aliphatic heterocycles. The SMILES string of the molecule is COc1ccc([C@@H]2CC(=O)c3c(O)cc(O[C@@H]4O[C@H](CO[C@@H]5O[C@H](C)[C@H](O)[C@H](O)[C@@H]5O)[C@@H](O)[C@@H](O)[C@H]4O)cc3O2)cc1O. The van der Waals surface area contributed by atoms with Crippen molar-refractivity contribution in [3.8, 4) is 28.7 Å². The van der Waals surface area contributed by atoms with E-state index in [0.29, 0.717) is 5.56 Å². The molecule has 2 aromatic rings. The van der Waals surface area contributed by atoms with Crippen LogP contribution < -0.4 is 14.2 Å². The van der Waals surface area contributed by atoms with Crippen LogP contribution in [-0.2, 0) is 14.2 Å². The summed E-state index contributed by atoms with van der Waals surface area (Å²) in [5, 5.41) is 82.2. The van der Waals surface area contributed by atoms with E-state index in [-0.39, 0.29) is 35.0 Å². The van der Waals surface area contributed by atoms with Crippen molar-refractivity contribution in [2.45, 2.75) is 80.9 Å². The van der Waals surface area contributed by atoms with E-state index in [1.165, 1.54) is 32.2 Å². The van der Waals surface area contributed by atoms with Crippen molar-refractivity contribution in [3.05, 3.63) is 41.5 Å². The molecule has 0 radical (unpaired) electrons. The van der Waals surface area contributed by atoms with Gasteiger partial charge in [-0.25, -0.2) is 0 Å². The number of carbonyl (C=O) groups is 1. The van der Waals surface area contributed by atoms with Gasteiger partial charge in [-0.15, -0.1) is 0 Å². The number of Topliss-reactive ketones (excluding diaryl/α,β-unsaturated/α-hetero) is 1. The molecule has 5 rings (SSSR count). The van der Waals surface area contributed by atoms with Gasteiger partial charge in [-0.2, -0.15) is 0 Å². The summed E-state index contributed by atoms with van der Waals surface area (Å²) >= 11 is 0. The Morgan fingerprint density at radius 3 is 2.23 bits per heavy atom. The second-order valence-corrected chi connectivity index (χ2v) is 10.6. The highest BCUT2D eigenvalue weighted by atomic mass is 16.7. The molecule has 3 heterocycles. The normalized spacial score (nSPS) is 36.0. The zero-order valence-corrected chi connectivity index (χ0v) is 23.1. The Labute approximate surface area is 245 Å². The van der Waals surface area contributed by atoms with Gasteiger partial charge in [0, 0.05) is 12.1 Å². The predicted molar refractivity (Wildman–Crippen MR) is 141 cm³/mol. The van der Waals surface area contributed by atoms with E-state index in [1.54, 1.807) is 6.07 Å². The molecule has 15 nitrogen and oxygen atoms in total. The highest BCUT2D eigenvalue weighted by Crippen LogP contribution is 2.43. The lowest BCUT2D eigenvalue weighted by Gasteiger charge is -2.42. The Kier molecular flexibility index (Phi) is 8.99. The van der Waals surface area contributed by atoms with Gasteiger partial charge >= 0.3 is 0 Å². The van der Waals surface area contributed by atoms with E-state index < -0.39 is 85.7 Å². The molecule has 0 amide bonds. The standard InChI is InChI=1S/C28H34O15/c1-10-21(32)23(34)25(36)27(40-10)39-9-19-22(33)24(35)26(37)28(43-19)41-12-6-14(30)20-15(31)8-17(42-18(20)7-12)11-3-4-16(38-2)13(29)5-11/h3-7,10,17,19,21-30,32-37H,8-9H2,1-2H3/t10-,17+,19-,21+,22-,23+,24-,25+,26-,27-,28-/m1/s1. The quantitative estimate of drug-likeness (QED) is 0.185. The molecule has 236 valence electrons. The van der Waals surface area contributed by atoms with Crippen molar-refractivity contribution in [2.24, 2.45) is 0 Å². The van der Waals surface area contributed by atoms with Gasteiger partial charge in [-0.3, -0.25) is 4.79 Å². The van der Waals surface area contributed by atoms with Crippen molar-refractivity contribution in [1.82, 2.24) is 0 Å². The average Bonchev–Trinajstić information content (AvgIpc) is 2.97. The highest BCUT2D eigenvalue weighted by molar-refractivity contribution is 6.02. The molecule has 0 unspecified atom stereocenters. The maximum Gasteiger partial charge on any atom is 0.229 e. The minimum atomic E-state index is -1.77. The van der Waals surface area contributed by atoms with Gasteiger partial charge in [0.1, 0.15) is 71.6 Å². The fraction of sp³-hybridized carbons (Fsp3) is 0.536. The molecule has 8 N–H and O–H groups in total. The van der Waals surface area contributed by atoms with Crippen LogP contribution in [-0.4, -0.2) is 122 Å². The van der Waals surface area contributed by atoms with Crippen LogP contribution in [0.1, 0.15) is 35.4 Å². The molecule has 2 saturated heterocycles. The topological polar surface area (TPSA) is 234 Å². The van der Waals surface area contributed by atoms with E-state index in [4.69, 9.17) is 28.4 Å². The Morgan fingerprint density at radius 2 is 1.53 bits per heavy atom. The molecule has 0 aromatic heterocycles. The summed E-state index contributed by atoms with van der Waals surface area (Å²) in [4.78, 5) is 12.9. The lowest BCUT2D eigenvalue weighted by atomic mass is 9.95. The van der Waals surface area contributed by atoms with Gasteiger partial charge < -0.3 is 69.3 Å². The number of hydrogen-bond donors (Lipinski definition) is 8. The number of carbonyl (C=O) groups excluding carboxylic acids is 1. The number of phenolic OH excluding ortho intramolecular Hbond substituents is 2. The minimum Gasteiger partial charge on any atom is -0.507 e. The molecule has 0 aliphatic carbocycles. The fourth-order valence-electron chi connectivity index (χ4n) is 5.20. The number of aromatic hydroxyl groups is 2. The van der Waals surface area contributed by atoms with Gasteiger partial charge in [0.2, 0.25) is 6.29 Å². The Bertz CT molecular complexity index is 1320. The van der Waals surface area contributed by atoms with Gasteiger partial charge in [0.15, 0.2) is 23.6 Å². The summed E-state index contributed by atoms with van der Waals surface area (Å²) in [6.07, 6.45) is -15.9. The van der Waals surface area contributed by atoms with Crippen LogP contribution in [0.15, 0.2) is 30.3 Å². The van der Waals surface area contributed by atoms with Crippen LogP contribution >= 0.6 is 0 Å². The number of ketones is 1. The largest absolute Gasteiger partial charge is 0.507 e. The van der Waals surface area contributed by atoms with Crippen LogP contribution in [0.25, 0.3) is 0 Å². The van der Waals surface area contributed by atoms with E-state index in [1.807, 2.05) is 0 Å². The van der Waals surface area contributed by atoms with Crippen molar-refractivity contribution < 1.29 is 74.1 Å². The summed E-state index contributed by atoms with van der Waals surface area (Å²) in [5.74, 6) is -0.999. The number of phenols is 2. The molecule has 15 heteroatoms. The third-order valence-corrected chi connectivity index (χ3v) is 7.70. The Hall–Kier alpha value is -3.25. The van der Waals surface area contributed by atoms with Crippen molar-refractivity contribution in [1.29, 1.82) is 0 Å². The molecule has 11 atom stereocenters. The first-order valence-corrected chi connectivity index (χ1v) is 13.5. The molecular formula is C28H34O15. The number of methoxy groups -OCH3 is 1. The number of aliphatic hydroxyl groups is 6. The maximum absolute atomic E-state index is 12.9. The predicted octanol–water partition coefficient (Wildman–Crippen LogP) is -1.16. The molecule has 2 fully saturated rings. The summed E-state index contributed by atoms with van der Waals surface area (Å²) in [6, 6.07) is 6.90. The van der Waals surface area contributed by atoms with Crippen LogP contribution in [0.5, 0.6) is 28.7 Å². The summed E-state index contributed by atoms with van der Waals surface area (Å²) in [6.45, 7) is 0.964. The molecule has 0 bridgehead atoms. The van der Waals surface area contributed by atoms with Crippen LogP contribution in [0.4, 0.5) is 0 Å². The smallest absolute Gasteiger partial charge is 0.229 e. The van der Waals surface area contributed by atoms with Crippen molar-refractivity contribution in [3.63, 3.8) is 0 Å². The maximum atomic E-state index is 12.9. The lowest BCUT2D eigenvalue weighted by Crippen LogP contribution is -2.61. The second kappa shape index (κ2) is 12.4. The molecule has 2 aromatic carbocycles. The number of benzene rings is 2. The molecule has 0 saturated carbocycles. The molecular weight excluding hydrogens is 576 g/mol.